The highest BCUT2D eigenvalue weighted by Crippen LogP contribution is 2.39. The molecule has 1 aliphatic carbocycles. The van der Waals surface area contributed by atoms with E-state index in [4.69, 9.17) is 4.98 Å². The monoisotopic (exact) mass is 295 g/mol. The zero-order valence-corrected chi connectivity index (χ0v) is 12.9. The Morgan fingerprint density at radius 2 is 1.95 bits per heavy atom. The van der Waals surface area contributed by atoms with E-state index in [2.05, 4.69) is 22.0 Å². The number of anilines is 1. The van der Waals surface area contributed by atoms with Crippen molar-refractivity contribution in [3.05, 3.63) is 53.0 Å². The molecule has 1 fully saturated rings. The third kappa shape index (κ3) is 2.59. The summed E-state index contributed by atoms with van der Waals surface area (Å²) in [6.07, 6.45) is 2.78. The average molecular weight is 295 g/mol. The number of aromatic nitrogens is 2. The van der Waals surface area contributed by atoms with Crippen molar-refractivity contribution in [2.24, 2.45) is 0 Å². The molecule has 1 atom stereocenters. The molecule has 1 N–H and O–H groups in total. The minimum atomic E-state index is -0.382. The van der Waals surface area contributed by atoms with Crippen LogP contribution in [-0.2, 0) is 6.54 Å². The van der Waals surface area contributed by atoms with Crippen LogP contribution in [0.15, 0.2) is 30.3 Å². The number of benzene rings is 1. The Balaban J connectivity index is 1.68. The van der Waals surface area contributed by atoms with Gasteiger partial charge in [-0.3, -0.25) is 0 Å². The molecule has 4 heteroatoms. The molecule has 0 amide bonds. The van der Waals surface area contributed by atoms with Gasteiger partial charge in [0, 0.05) is 30.8 Å². The standard InChI is InChI=1S/C18H21N3O/c1-12-10-17(20-18(19-12)13-6-7-13)21-9-8-16(22)15-5-3-2-4-14(15)11-21/h2-5,10,13,16,22H,6-9,11H2,1H3. The van der Waals surface area contributed by atoms with Gasteiger partial charge < -0.3 is 10.0 Å². The molecule has 0 saturated heterocycles. The summed E-state index contributed by atoms with van der Waals surface area (Å²) in [5.41, 5.74) is 3.28. The molecule has 4 rings (SSSR count). The molecule has 1 aromatic heterocycles. The van der Waals surface area contributed by atoms with Crippen molar-refractivity contribution in [2.45, 2.75) is 44.8 Å². The summed E-state index contributed by atoms with van der Waals surface area (Å²) in [6.45, 7) is 3.65. The maximum atomic E-state index is 10.4. The van der Waals surface area contributed by atoms with Crippen molar-refractivity contribution in [1.82, 2.24) is 9.97 Å². The lowest BCUT2D eigenvalue weighted by molar-refractivity contribution is 0.171. The average Bonchev–Trinajstić information content (AvgIpc) is 3.35. The van der Waals surface area contributed by atoms with Gasteiger partial charge in [0.25, 0.3) is 0 Å². The highest BCUT2D eigenvalue weighted by Gasteiger charge is 2.28. The van der Waals surface area contributed by atoms with Crippen molar-refractivity contribution in [2.75, 3.05) is 11.4 Å². The number of aliphatic hydroxyl groups excluding tert-OH is 1. The van der Waals surface area contributed by atoms with Crippen molar-refractivity contribution < 1.29 is 5.11 Å². The number of hydrogen-bond acceptors (Lipinski definition) is 4. The van der Waals surface area contributed by atoms with Gasteiger partial charge in [0.05, 0.1) is 6.10 Å². The van der Waals surface area contributed by atoms with Gasteiger partial charge in [0.1, 0.15) is 11.6 Å². The normalized spacial score (nSPS) is 21.4. The molecule has 1 aromatic carbocycles. The number of rotatable bonds is 2. The predicted octanol–water partition coefficient (Wildman–Crippen LogP) is 3.11. The molecule has 22 heavy (non-hydrogen) atoms. The first-order valence-electron chi connectivity index (χ1n) is 8.07. The molecule has 114 valence electrons. The van der Waals surface area contributed by atoms with Crippen LogP contribution >= 0.6 is 0 Å². The molecule has 2 aromatic rings. The topological polar surface area (TPSA) is 49.2 Å². The van der Waals surface area contributed by atoms with E-state index in [-0.39, 0.29) is 6.10 Å². The van der Waals surface area contributed by atoms with Crippen LogP contribution in [0.5, 0.6) is 0 Å². The fraction of sp³-hybridized carbons (Fsp3) is 0.444. The summed E-state index contributed by atoms with van der Waals surface area (Å²) in [5.74, 6) is 2.55. The largest absolute Gasteiger partial charge is 0.388 e. The first-order valence-corrected chi connectivity index (χ1v) is 8.07. The van der Waals surface area contributed by atoms with Gasteiger partial charge in [-0.1, -0.05) is 24.3 Å². The van der Waals surface area contributed by atoms with E-state index in [1.807, 2.05) is 25.1 Å². The molecule has 4 nitrogen and oxygen atoms in total. The minimum absolute atomic E-state index is 0.382. The zero-order chi connectivity index (χ0) is 15.1. The molecular formula is C18H21N3O. The lowest BCUT2D eigenvalue weighted by atomic mass is 10.0. The lowest BCUT2D eigenvalue weighted by Crippen LogP contribution is -2.24. The maximum absolute atomic E-state index is 10.4. The van der Waals surface area contributed by atoms with Crippen LogP contribution in [0.1, 0.15) is 53.9 Å². The fourth-order valence-electron chi connectivity index (χ4n) is 3.18. The Labute approximate surface area is 130 Å². The van der Waals surface area contributed by atoms with E-state index in [0.717, 1.165) is 42.4 Å². The Morgan fingerprint density at radius 3 is 2.77 bits per heavy atom. The van der Waals surface area contributed by atoms with Gasteiger partial charge in [-0.2, -0.15) is 0 Å². The van der Waals surface area contributed by atoms with Gasteiger partial charge in [0.15, 0.2) is 0 Å². The molecule has 2 aliphatic rings. The second kappa shape index (κ2) is 5.36. The number of fused-ring (bicyclic) bond motifs is 1. The molecule has 0 spiro atoms. The van der Waals surface area contributed by atoms with E-state index in [1.165, 1.54) is 18.4 Å². The lowest BCUT2D eigenvalue weighted by Gasteiger charge is -2.22. The van der Waals surface area contributed by atoms with E-state index in [1.54, 1.807) is 0 Å². The van der Waals surface area contributed by atoms with Crippen LogP contribution in [0.25, 0.3) is 0 Å². The molecule has 0 radical (unpaired) electrons. The predicted molar refractivity (Wildman–Crippen MR) is 85.8 cm³/mol. The second-order valence-corrected chi connectivity index (χ2v) is 6.42. The van der Waals surface area contributed by atoms with Crippen LogP contribution in [-0.4, -0.2) is 21.6 Å². The first kappa shape index (κ1) is 13.7. The highest BCUT2D eigenvalue weighted by molar-refractivity contribution is 5.44. The van der Waals surface area contributed by atoms with Crippen LogP contribution in [0.3, 0.4) is 0 Å². The summed E-state index contributed by atoms with van der Waals surface area (Å²) in [7, 11) is 0. The summed E-state index contributed by atoms with van der Waals surface area (Å²) in [6, 6.07) is 10.2. The Bertz CT molecular complexity index is 696. The van der Waals surface area contributed by atoms with Crippen LogP contribution in [0.4, 0.5) is 5.82 Å². The van der Waals surface area contributed by atoms with Crippen molar-refractivity contribution in [1.29, 1.82) is 0 Å². The Morgan fingerprint density at radius 1 is 1.14 bits per heavy atom. The maximum Gasteiger partial charge on any atom is 0.134 e. The van der Waals surface area contributed by atoms with E-state index in [0.29, 0.717) is 5.92 Å². The molecular weight excluding hydrogens is 274 g/mol. The van der Waals surface area contributed by atoms with Gasteiger partial charge in [-0.25, -0.2) is 9.97 Å². The molecule has 0 bridgehead atoms. The Hall–Kier alpha value is -1.94. The number of hydrogen-bond donors (Lipinski definition) is 1. The molecule has 1 saturated carbocycles. The van der Waals surface area contributed by atoms with E-state index >= 15 is 0 Å². The third-order valence-corrected chi connectivity index (χ3v) is 4.57. The fourth-order valence-corrected chi connectivity index (χ4v) is 3.18. The summed E-state index contributed by atoms with van der Waals surface area (Å²) in [5, 5.41) is 10.4. The Kier molecular flexibility index (Phi) is 3.34. The molecule has 1 unspecified atom stereocenters. The van der Waals surface area contributed by atoms with Crippen molar-refractivity contribution in [3.8, 4) is 0 Å². The van der Waals surface area contributed by atoms with Crippen LogP contribution in [0, 0.1) is 6.92 Å². The minimum Gasteiger partial charge on any atom is -0.388 e. The van der Waals surface area contributed by atoms with Crippen LogP contribution in [0.2, 0.25) is 0 Å². The number of aryl methyl sites for hydroxylation is 1. The van der Waals surface area contributed by atoms with Crippen molar-refractivity contribution >= 4 is 5.82 Å². The smallest absolute Gasteiger partial charge is 0.134 e. The summed E-state index contributed by atoms with van der Waals surface area (Å²) < 4.78 is 0. The van der Waals surface area contributed by atoms with E-state index < -0.39 is 0 Å². The highest BCUT2D eigenvalue weighted by atomic mass is 16.3. The zero-order valence-electron chi connectivity index (χ0n) is 12.9. The summed E-state index contributed by atoms with van der Waals surface area (Å²) >= 11 is 0. The van der Waals surface area contributed by atoms with E-state index in [9.17, 15) is 5.11 Å². The van der Waals surface area contributed by atoms with Gasteiger partial charge >= 0.3 is 0 Å². The van der Waals surface area contributed by atoms with Crippen molar-refractivity contribution in [3.63, 3.8) is 0 Å². The SMILES string of the molecule is Cc1cc(N2CCC(O)c3ccccc3C2)nc(C2CC2)n1. The second-order valence-electron chi connectivity index (χ2n) is 6.42. The van der Waals surface area contributed by atoms with Gasteiger partial charge in [0.2, 0.25) is 0 Å². The number of aliphatic hydroxyl groups is 1. The summed E-state index contributed by atoms with van der Waals surface area (Å²) in [4.78, 5) is 11.7. The third-order valence-electron chi connectivity index (χ3n) is 4.57. The number of nitrogens with zero attached hydrogens (tertiary/aromatic N) is 3. The first-order chi connectivity index (χ1) is 10.7. The quantitative estimate of drug-likeness (QED) is 0.925. The van der Waals surface area contributed by atoms with Crippen LogP contribution < -0.4 is 4.90 Å². The van der Waals surface area contributed by atoms with Gasteiger partial charge in [-0.15, -0.1) is 0 Å². The molecule has 1 aliphatic heterocycles. The molecule has 2 heterocycles. The van der Waals surface area contributed by atoms with Gasteiger partial charge in [-0.05, 0) is 37.3 Å².